The molecule has 3 heteroatoms. The molecule has 0 atom stereocenters. The van der Waals surface area contributed by atoms with Gasteiger partial charge in [-0.2, -0.15) is 0 Å². The average molecular weight is 246 g/mol. The second-order valence-corrected chi connectivity index (χ2v) is 3.88. The van der Waals surface area contributed by atoms with Crippen LogP contribution in [0.2, 0.25) is 0 Å². The third kappa shape index (κ3) is 1.92. The molecule has 0 unspecified atom stereocenters. The van der Waals surface area contributed by atoms with E-state index in [0.717, 1.165) is 16.8 Å². The van der Waals surface area contributed by atoms with E-state index in [0.29, 0.717) is 6.54 Å². The largest absolute Gasteiger partial charge is 0.304 e. The van der Waals surface area contributed by atoms with Crippen molar-refractivity contribution in [3.63, 3.8) is 0 Å². The predicted octanol–water partition coefficient (Wildman–Crippen LogP) is 3.27. The molecule has 0 radical (unpaired) electrons. The van der Waals surface area contributed by atoms with Crippen LogP contribution in [0.1, 0.15) is 15.9 Å². The Morgan fingerprint density at radius 3 is 2.24 bits per heavy atom. The molecule has 0 N–H and O–H groups in total. The number of fused-ring (bicyclic) bond motifs is 1. The molecule has 2 nitrogen and oxygen atoms in total. The summed E-state index contributed by atoms with van der Waals surface area (Å²) in [5.41, 5.74) is 2.89. The quantitative estimate of drug-likeness (QED) is 0.755. The van der Waals surface area contributed by atoms with Gasteiger partial charge in [-0.3, -0.25) is 4.79 Å². The number of amides is 1. The molecule has 0 saturated heterocycles. The van der Waals surface area contributed by atoms with Gasteiger partial charge in [-0.05, 0) is 23.8 Å². The molecular weight excluding hydrogens is 234 g/mol. The third-order valence-corrected chi connectivity index (χ3v) is 2.89. The first-order chi connectivity index (χ1) is 7.86. The van der Waals surface area contributed by atoms with Crippen molar-refractivity contribution in [1.29, 1.82) is 0 Å². The minimum absolute atomic E-state index is 0. The zero-order valence-electron chi connectivity index (χ0n) is 9.17. The van der Waals surface area contributed by atoms with Gasteiger partial charge in [0.05, 0.1) is 6.54 Å². The molecule has 2 aromatic rings. The van der Waals surface area contributed by atoms with Crippen molar-refractivity contribution in [1.82, 2.24) is 0 Å². The first kappa shape index (κ1) is 11.7. The Morgan fingerprint density at radius 2 is 1.53 bits per heavy atom. The lowest BCUT2D eigenvalue weighted by atomic mass is 10.1. The van der Waals surface area contributed by atoms with Gasteiger partial charge < -0.3 is 4.90 Å². The van der Waals surface area contributed by atoms with Crippen molar-refractivity contribution in [2.75, 3.05) is 4.90 Å². The molecule has 0 spiro atoms. The lowest BCUT2D eigenvalue weighted by molar-refractivity contribution is 0.0996. The number of anilines is 1. The summed E-state index contributed by atoms with van der Waals surface area (Å²) in [6.45, 7) is 0.680. The highest BCUT2D eigenvalue weighted by Crippen LogP contribution is 2.27. The summed E-state index contributed by atoms with van der Waals surface area (Å²) < 4.78 is 0. The van der Waals surface area contributed by atoms with Crippen molar-refractivity contribution >= 4 is 24.0 Å². The summed E-state index contributed by atoms with van der Waals surface area (Å²) in [6, 6.07) is 17.6. The van der Waals surface area contributed by atoms with Gasteiger partial charge in [0.15, 0.2) is 0 Å². The van der Waals surface area contributed by atoms with Crippen molar-refractivity contribution in [2.45, 2.75) is 6.54 Å². The Morgan fingerprint density at radius 1 is 0.882 bits per heavy atom. The molecule has 0 aromatic heterocycles. The highest BCUT2D eigenvalue weighted by Gasteiger charge is 2.27. The molecule has 17 heavy (non-hydrogen) atoms. The van der Waals surface area contributed by atoms with Crippen molar-refractivity contribution < 1.29 is 4.79 Å². The number of benzene rings is 2. The molecule has 3 rings (SSSR count). The zero-order valence-corrected chi connectivity index (χ0v) is 9.98. The Kier molecular flexibility index (Phi) is 3.16. The summed E-state index contributed by atoms with van der Waals surface area (Å²) in [6.07, 6.45) is 0. The van der Waals surface area contributed by atoms with Crippen molar-refractivity contribution in [3.05, 3.63) is 65.7 Å². The third-order valence-electron chi connectivity index (χ3n) is 2.89. The topological polar surface area (TPSA) is 20.3 Å². The average Bonchev–Trinajstić information content (AvgIpc) is 2.69. The lowest BCUT2D eigenvalue weighted by Crippen LogP contribution is -2.22. The van der Waals surface area contributed by atoms with E-state index in [2.05, 4.69) is 0 Å². The van der Waals surface area contributed by atoms with Crippen LogP contribution in [0, 0.1) is 0 Å². The van der Waals surface area contributed by atoms with Gasteiger partial charge in [0.25, 0.3) is 5.91 Å². The van der Waals surface area contributed by atoms with Crippen LogP contribution in [0.25, 0.3) is 0 Å². The van der Waals surface area contributed by atoms with Crippen molar-refractivity contribution in [3.8, 4) is 0 Å². The second-order valence-electron chi connectivity index (χ2n) is 3.88. The van der Waals surface area contributed by atoms with Crippen LogP contribution in [-0.4, -0.2) is 5.91 Å². The number of carbonyl (C=O) groups excluding carboxylic acids is 1. The van der Waals surface area contributed by atoms with E-state index in [4.69, 9.17) is 0 Å². The minimum Gasteiger partial charge on any atom is -0.304 e. The number of carbonyl (C=O) groups is 1. The number of para-hydroxylation sites is 1. The van der Waals surface area contributed by atoms with E-state index in [9.17, 15) is 4.79 Å². The fourth-order valence-electron chi connectivity index (χ4n) is 2.07. The smallest absolute Gasteiger partial charge is 0.258 e. The number of halogens is 1. The molecule has 0 fully saturated rings. The Balaban J connectivity index is 0.00000108. The Hall–Kier alpha value is -1.80. The molecule has 2 aromatic carbocycles. The Bertz CT molecular complexity index is 539. The molecule has 86 valence electrons. The predicted molar refractivity (Wildman–Crippen MR) is 70.6 cm³/mol. The monoisotopic (exact) mass is 245 g/mol. The first-order valence-electron chi connectivity index (χ1n) is 5.31. The van der Waals surface area contributed by atoms with E-state index in [1.807, 2.05) is 59.5 Å². The summed E-state index contributed by atoms with van der Waals surface area (Å²) in [4.78, 5) is 13.9. The van der Waals surface area contributed by atoms with Gasteiger partial charge in [-0.15, -0.1) is 12.4 Å². The fraction of sp³-hybridized carbons (Fsp3) is 0.0714. The number of hydrogen-bond acceptors (Lipinski definition) is 1. The molecule has 1 aliphatic rings. The maximum absolute atomic E-state index is 12.1. The molecule has 1 heterocycles. The number of nitrogens with zero attached hydrogens (tertiary/aromatic N) is 1. The van der Waals surface area contributed by atoms with E-state index in [1.165, 1.54) is 0 Å². The maximum Gasteiger partial charge on any atom is 0.258 e. The highest BCUT2D eigenvalue weighted by atomic mass is 35.5. The van der Waals surface area contributed by atoms with Crippen LogP contribution in [0.3, 0.4) is 0 Å². The van der Waals surface area contributed by atoms with Gasteiger partial charge in [0.1, 0.15) is 0 Å². The maximum atomic E-state index is 12.1. The fourth-order valence-corrected chi connectivity index (χ4v) is 2.07. The van der Waals surface area contributed by atoms with E-state index >= 15 is 0 Å². The van der Waals surface area contributed by atoms with Crippen LogP contribution in [0.15, 0.2) is 54.6 Å². The van der Waals surface area contributed by atoms with Gasteiger partial charge >= 0.3 is 0 Å². The number of rotatable bonds is 1. The molecule has 1 amide bonds. The molecule has 0 aliphatic carbocycles. The second kappa shape index (κ2) is 4.60. The van der Waals surface area contributed by atoms with E-state index < -0.39 is 0 Å². The lowest BCUT2D eigenvalue weighted by Gasteiger charge is -2.15. The molecule has 0 saturated carbocycles. The minimum atomic E-state index is 0. The molecule has 1 aliphatic heterocycles. The highest BCUT2D eigenvalue weighted by molar-refractivity contribution is 6.09. The van der Waals surface area contributed by atoms with Gasteiger partial charge in [0, 0.05) is 11.3 Å². The first-order valence-corrected chi connectivity index (χ1v) is 5.31. The van der Waals surface area contributed by atoms with Crippen LogP contribution < -0.4 is 4.90 Å². The van der Waals surface area contributed by atoms with Crippen LogP contribution in [0.5, 0.6) is 0 Å². The molecule has 0 bridgehead atoms. The van der Waals surface area contributed by atoms with E-state index in [-0.39, 0.29) is 18.3 Å². The summed E-state index contributed by atoms with van der Waals surface area (Å²) in [5, 5.41) is 0. The Labute approximate surface area is 106 Å². The van der Waals surface area contributed by atoms with Crippen LogP contribution >= 0.6 is 12.4 Å². The summed E-state index contributed by atoms with van der Waals surface area (Å²) in [7, 11) is 0. The zero-order chi connectivity index (χ0) is 11.0. The van der Waals surface area contributed by atoms with Crippen LogP contribution in [-0.2, 0) is 6.54 Å². The summed E-state index contributed by atoms with van der Waals surface area (Å²) >= 11 is 0. The molecular formula is C14H12ClNO. The summed E-state index contributed by atoms with van der Waals surface area (Å²) in [5.74, 6) is 0.0989. The van der Waals surface area contributed by atoms with Gasteiger partial charge in [0.2, 0.25) is 0 Å². The SMILES string of the molecule is Cl.O=C1c2ccccc2CN1c1ccccc1. The normalized spacial score (nSPS) is 13.2. The standard InChI is InChI=1S/C14H11NO.ClH/c16-14-13-9-5-4-6-11(13)10-15(14)12-7-2-1-3-8-12;/h1-9H,10H2;1H. The van der Waals surface area contributed by atoms with Crippen molar-refractivity contribution in [2.24, 2.45) is 0 Å². The van der Waals surface area contributed by atoms with Gasteiger partial charge in [-0.25, -0.2) is 0 Å². The van der Waals surface area contributed by atoms with E-state index in [1.54, 1.807) is 0 Å². The number of hydrogen-bond donors (Lipinski definition) is 0. The van der Waals surface area contributed by atoms with Gasteiger partial charge in [-0.1, -0.05) is 36.4 Å². The van der Waals surface area contributed by atoms with Crippen LogP contribution in [0.4, 0.5) is 5.69 Å².